The van der Waals surface area contributed by atoms with Crippen LogP contribution in [0.4, 0.5) is 11.4 Å². The minimum Gasteiger partial charge on any atom is -0.363 e. The molecule has 5 heteroatoms. The first-order chi connectivity index (χ1) is 8.09. The normalized spacial score (nSPS) is 20.4. The van der Waals surface area contributed by atoms with Crippen molar-refractivity contribution in [1.82, 2.24) is 5.32 Å². The first kappa shape index (κ1) is 11.9. The average molecular weight is 235 g/mol. The molecule has 0 aromatic heterocycles. The summed E-state index contributed by atoms with van der Waals surface area (Å²) in [7, 11) is 0. The molecule has 1 N–H and O–H groups in total. The maximum absolute atomic E-state index is 11.1. The van der Waals surface area contributed by atoms with E-state index in [1.807, 2.05) is 13.0 Å². The first-order valence-electron chi connectivity index (χ1n) is 5.82. The van der Waals surface area contributed by atoms with Gasteiger partial charge in [0.05, 0.1) is 4.92 Å². The molecule has 5 nitrogen and oxygen atoms in total. The van der Waals surface area contributed by atoms with Crippen molar-refractivity contribution in [3.63, 3.8) is 0 Å². The summed E-state index contributed by atoms with van der Waals surface area (Å²) in [5.41, 5.74) is 1.94. The Morgan fingerprint density at radius 1 is 1.53 bits per heavy atom. The lowest BCUT2D eigenvalue weighted by molar-refractivity contribution is -0.384. The number of nitro benzene ring substituents is 1. The number of hydrogen-bond acceptors (Lipinski definition) is 4. The van der Waals surface area contributed by atoms with Crippen LogP contribution in [-0.2, 0) is 0 Å². The van der Waals surface area contributed by atoms with Crippen LogP contribution in [0.3, 0.4) is 0 Å². The quantitative estimate of drug-likeness (QED) is 0.626. The standard InChI is InChI=1S/C12H17N3O2/c1-9-4-3-5-11(15(16)17)12(9)14-7-6-13-10(2)8-14/h3-5,10,13H,6-8H2,1-2H3. The second-order valence-corrected chi connectivity index (χ2v) is 4.50. The van der Waals surface area contributed by atoms with Crippen molar-refractivity contribution in [2.24, 2.45) is 0 Å². The third kappa shape index (κ3) is 2.39. The molecule has 1 atom stereocenters. The number of anilines is 1. The number of nitrogens with one attached hydrogen (secondary N) is 1. The van der Waals surface area contributed by atoms with Gasteiger partial charge in [0, 0.05) is 31.7 Å². The van der Waals surface area contributed by atoms with Crippen LogP contribution < -0.4 is 10.2 Å². The SMILES string of the molecule is Cc1cccc([N+](=O)[O-])c1N1CCNC(C)C1. The van der Waals surface area contributed by atoms with Crippen LogP contribution in [0, 0.1) is 17.0 Å². The van der Waals surface area contributed by atoms with E-state index in [2.05, 4.69) is 17.1 Å². The number of nitrogens with zero attached hydrogens (tertiary/aromatic N) is 2. The van der Waals surface area contributed by atoms with Gasteiger partial charge in [-0.1, -0.05) is 12.1 Å². The van der Waals surface area contributed by atoms with E-state index < -0.39 is 0 Å². The molecule has 1 unspecified atom stereocenters. The molecule has 0 bridgehead atoms. The Morgan fingerprint density at radius 2 is 2.29 bits per heavy atom. The highest BCUT2D eigenvalue weighted by Crippen LogP contribution is 2.32. The molecule has 1 saturated heterocycles. The Kier molecular flexibility index (Phi) is 3.28. The summed E-state index contributed by atoms with van der Waals surface area (Å²) < 4.78 is 0. The number of para-hydroxylation sites is 1. The molecule has 1 heterocycles. The number of rotatable bonds is 2. The van der Waals surface area contributed by atoms with Crippen LogP contribution in [0.5, 0.6) is 0 Å². The van der Waals surface area contributed by atoms with Crippen molar-refractivity contribution < 1.29 is 4.92 Å². The smallest absolute Gasteiger partial charge is 0.292 e. The zero-order chi connectivity index (χ0) is 12.4. The van der Waals surface area contributed by atoms with Crippen molar-refractivity contribution >= 4 is 11.4 Å². The van der Waals surface area contributed by atoms with Gasteiger partial charge in [0.1, 0.15) is 5.69 Å². The monoisotopic (exact) mass is 235 g/mol. The first-order valence-corrected chi connectivity index (χ1v) is 5.82. The van der Waals surface area contributed by atoms with Gasteiger partial charge in [-0.2, -0.15) is 0 Å². The number of nitro groups is 1. The second-order valence-electron chi connectivity index (χ2n) is 4.50. The van der Waals surface area contributed by atoms with Crippen LogP contribution >= 0.6 is 0 Å². The number of aryl methyl sites for hydroxylation is 1. The van der Waals surface area contributed by atoms with Crippen molar-refractivity contribution in [2.45, 2.75) is 19.9 Å². The van der Waals surface area contributed by atoms with E-state index in [1.54, 1.807) is 12.1 Å². The molecule has 0 saturated carbocycles. The molecule has 92 valence electrons. The highest BCUT2D eigenvalue weighted by atomic mass is 16.6. The van der Waals surface area contributed by atoms with Gasteiger partial charge >= 0.3 is 0 Å². The molecule has 1 aromatic rings. The maximum Gasteiger partial charge on any atom is 0.292 e. The molecular weight excluding hydrogens is 218 g/mol. The van der Waals surface area contributed by atoms with Gasteiger partial charge in [0.25, 0.3) is 5.69 Å². The Bertz CT molecular complexity index is 434. The van der Waals surface area contributed by atoms with Crippen LogP contribution in [0.25, 0.3) is 0 Å². The second kappa shape index (κ2) is 4.71. The van der Waals surface area contributed by atoms with Crippen molar-refractivity contribution in [2.75, 3.05) is 24.5 Å². The highest BCUT2D eigenvalue weighted by molar-refractivity contribution is 5.68. The van der Waals surface area contributed by atoms with E-state index in [0.29, 0.717) is 6.04 Å². The Hall–Kier alpha value is -1.62. The lowest BCUT2D eigenvalue weighted by Gasteiger charge is -2.34. The molecule has 17 heavy (non-hydrogen) atoms. The molecule has 0 spiro atoms. The van der Waals surface area contributed by atoms with E-state index in [9.17, 15) is 10.1 Å². The third-order valence-corrected chi connectivity index (χ3v) is 3.10. The molecule has 2 rings (SSSR count). The number of hydrogen-bond donors (Lipinski definition) is 1. The minimum absolute atomic E-state index is 0.208. The number of piperazine rings is 1. The molecule has 1 aliphatic rings. The molecule has 0 aliphatic carbocycles. The molecule has 1 fully saturated rings. The fraction of sp³-hybridized carbons (Fsp3) is 0.500. The Balaban J connectivity index is 2.39. The molecular formula is C12H17N3O2. The van der Waals surface area contributed by atoms with E-state index in [-0.39, 0.29) is 10.6 Å². The van der Waals surface area contributed by atoms with Gasteiger partial charge < -0.3 is 10.2 Å². The predicted octanol–water partition coefficient (Wildman–Crippen LogP) is 1.70. The Morgan fingerprint density at radius 3 is 2.94 bits per heavy atom. The third-order valence-electron chi connectivity index (χ3n) is 3.10. The average Bonchev–Trinajstić information content (AvgIpc) is 2.28. The summed E-state index contributed by atoms with van der Waals surface area (Å²) in [4.78, 5) is 12.9. The number of benzene rings is 1. The van der Waals surface area contributed by atoms with Crippen LogP contribution in [-0.4, -0.2) is 30.6 Å². The lowest BCUT2D eigenvalue weighted by atomic mass is 10.1. The van der Waals surface area contributed by atoms with Crippen molar-refractivity contribution in [3.8, 4) is 0 Å². The summed E-state index contributed by atoms with van der Waals surface area (Å²) in [6.07, 6.45) is 0. The van der Waals surface area contributed by atoms with E-state index in [1.165, 1.54) is 0 Å². The van der Waals surface area contributed by atoms with Gasteiger partial charge in [0.2, 0.25) is 0 Å². The van der Waals surface area contributed by atoms with Crippen molar-refractivity contribution in [1.29, 1.82) is 0 Å². The maximum atomic E-state index is 11.1. The van der Waals surface area contributed by atoms with E-state index in [0.717, 1.165) is 30.9 Å². The summed E-state index contributed by atoms with van der Waals surface area (Å²) in [5.74, 6) is 0. The van der Waals surface area contributed by atoms with E-state index >= 15 is 0 Å². The Labute approximate surface area is 101 Å². The topological polar surface area (TPSA) is 58.4 Å². The van der Waals surface area contributed by atoms with Gasteiger partial charge in [-0.3, -0.25) is 10.1 Å². The van der Waals surface area contributed by atoms with Crippen molar-refractivity contribution in [3.05, 3.63) is 33.9 Å². The molecule has 0 radical (unpaired) electrons. The summed E-state index contributed by atoms with van der Waals surface area (Å²) in [6, 6.07) is 5.61. The predicted molar refractivity (Wildman–Crippen MR) is 67.5 cm³/mol. The summed E-state index contributed by atoms with van der Waals surface area (Å²) in [5, 5.41) is 14.4. The lowest BCUT2D eigenvalue weighted by Crippen LogP contribution is -2.49. The zero-order valence-corrected chi connectivity index (χ0v) is 10.1. The summed E-state index contributed by atoms with van der Waals surface area (Å²) >= 11 is 0. The van der Waals surface area contributed by atoms with Crippen LogP contribution in [0.2, 0.25) is 0 Å². The molecule has 1 aliphatic heterocycles. The largest absolute Gasteiger partial charge is 0.363 e. The van der Waals surface area contributed by atoms with Gasteiger partial charge in [-0.15, -0.1) is 0 Å². The van der Waals surface area contributed by atoms with Crippen LogP contribution in [0.1, 0.15) is 12.5 Å². The fourth-order valence-corrected chi connectivity index (χ4v) is 2.34. The fourth-order valence-electron chi connectivity index (χ4n) is 2.34. The summed E-state index contributed by atoms with van der Waals surface area (Å²) in [6.45, 7) is 6.51. The minimum atomic E-state index is -0.297. The van der Waals surface area contributed by atoms with Gasteiger partial charge in [0.15, 0.2) is 0 Å². The molecule has 0 amide bonds. The van der Waals surface area contributed by atoms with Gasteiger partial charge in [-0.25, -0.2) is 0 Å². The van der Waals surface area contributed by atoms with Crippen LogP contribution in [0.15, 0.2) is 18.2 Å². The highest BCUT2D eigenvalue weighted by Gasteiger charge is 2.24. The zero-order valence-electron chi connectivity index (χ0n) is 10.1. The molecule has 1 aromatic carbocycles. The van der Waals surface area contributed by atoms with Gasteiger partial charge in [-0.05, 0) is 19.4 Å². The van der Waals surface area contributed by atoms with E-state index in [4.69, 9.17) is 0 Å².